The van der Waals surface area contributed by atoms with E-state index in [4.69, 9.17) is 10.00 Å². The van der Waals surface area contributed by atoms with E-state index in [1.807, 2.05) is 24.3 Å². The summed E-state index contributed by atoms with van der Waals surface area (Å²) >= 11 is 0. The predicted molar refractivity (Wildman–Crippen MR) is 94.1 cm³/mol. The number of benzene rings is 1. The summed E-state index contributed by atoms with van der Waals surface area (Å²) in [5, 5.41) is 8.87. The van der Waals surface area contributed by atoms with Gasteiger partial charge in [-0.05, 0) is 36.2 Å². The summed E-state index contributed by atoms with van der Waals surface area (Å²) in [6.45, 7) is 5.00. The lowest BCUT2D eigenvalue weighted by atomic mass is 10.2. The minimum Gasteiger partial charge on any atom is -0.497 e. The third-order valence-corrected chi connectivity index (χ3v) is 4.35. The van der Waals surface area contributed by atoms with Gasteiger partial charge in [0.1, 0.15) is 17.6 Å². The number of aromatic nitrogens is 1. The molecule has 2 heterocycles. The van der Waals surface area contributed by atoms with Gasteiger partial charge in [-0.1, -0.05) is 12.1 Å². The number of ether oxygens (including phenoxy) is 1. The van der Waals surface area contributed by atoms with Crippen molar-refractivity contribution in [3.05, 3.63) is 53.7 Å². The van der Waals surface area contributed by atoms with Crippen LogP contribution in [0.4, 0.5) is 5.82 Å². The van der Waals surface area contributed by atoms with Crippen LogP contribution in [0.5, 0.6) is 5.75 Å². The van der Waals surface area contributed by atoms with Crippen LogP contribution in [0, 0.1) is 11.3 Å². The molecule has 1 fully saturated rings. The first-order valence-electron chi connectivity index (χ1n) is 8.25. The van der Waals surface area contributed by atoms with Crippen molar-refractivity contribution in [2.45, 2.75) is 13.0 Å². The third kappa shape index (κ3) is 4.03. The highest BCUT2D eigenvalue weighted by molar-refractivity contribution is 5.42. The van der Waals surface area contributed by atoms with Crippen molar-refractivity contribution in [2.75, 3.05) is 38.2 Å². The lowest BCUT2D eigenvalue weighted by Gasteiger charge is -2.22. The minimum absolute atomic E-state index is 0.606. The van der Waals surface area contributed by atoms with E-state index >= 15 is 0 Å². The Balaban J connectivity index is 1.58. The molecule has 0 saturated carbocycles. The van der Waals surface area contributed by atoms with Gasteiger partial charge in [-0.25, -0.2) is 4.98 Å². The van der Waals surface area contributed by atoms with Gasteiger partial charge >= 0.3 is 0 Å². The van der Waals surface area contributed by atoms with Gasteiger partial charge in [0.15, 0.2) is 0 Å². The maximum atomic E-state index is 8.87. The van der Waals surface area contributed by atoms with Crippen molar-refractivity contribution in [3.63, 3.8) is 0 Å². The summed E-state index contributed by atoms with van der Waals surface area (Å²) in [5.74, 6) is 1.85. The third-order valence-electron chi connectivity index (χ3n) is 4.35. The van der Waals surface area contributed by atoms with E-state index < -0.39 is 0 Å². The first kappa shape index (κ1) is 16.3. The van der Waals surface area contributed by atoms with Gasteiger partial charge in [0, 0.05) is 38.9 Å². The van der Waals surface area contributed by atoms with Crippen LogP contribution in [0.3, 0.4) is 0 Å². The molecule has 0 radical (unpaired) electrons. The van der Waals surface area contributed by atoms with E-state index in [0.717, 1.165) is 50.7 Å². The number of nitrogens with zero attached hydrogens (tertiary/aromatic N) is 4. The van der Waals surface area contributed by atoms with Crippen molar-refractivity contribution in [1.29, 1.82) is 5.26 Å². The van der Waals surface area contributed by atoms with Crippen LogP contribution in [0.25, 0.3) is 0 Å². The van der Waals surface area contributed by atoms with E-state index in [1.165, 1.54) is 5.56 Å². The maximum Gasteiger partial charge on any atom is 0.128 e. The second-order valence-corrected chi connectivity index (χ2v) is 5.98. The first-order valence-corrected chi connectivity index (χ1v) is 8.25. The van der Waals surface area contributed by atoms with Crippen LogP contribution in [0.2, 0.25) is 0 Å². The number of hydrogen-bond donors (Lipinski definition) is 0. The zero-order valence-corrected chi connectivity index (χ0v) is 14.0. The quantitative estimate of drug-likeness (QED) is 0.866. The Morgan fingerprint density at radius 3 is 2.58 bits per heavy atom. The van der Waals surface area contributed by atoms with Crippen LogP contribution in [-0.4, -0.2) is 43.2 Å². The number of hydrogen-bond acceptors (Lipinski definition) is 5. The van der Waals surface area contributed by atoms with E-state index in [1.54, 1.807) is 13.3 Å². The Kier molecular flexibility index (Phi) is 5.29. The molecule has 124 valence electrons. The molecule has 1 aliphatic rings. The molecule has 3 rings (SSSR count). The standard InChI is InChI=1S/C19H22N4O/c1-24-18-6-3-16(4-7-18)15-22-9-2-10-23(12-11-22)19-8-5-17(13-20)14-21-19/h3-8,14H,2,9-12,15H2,1H3. The lowest BCUT2D eigenvalue weighted by Crippen LogP contribution is -2.30. The fourth-order valence-electron chi connectivity index (χ4n) is 2.99. The normalized spacial score (nSPS) is 15.6. The fourth-order valence-corrected chi connectivity index (χ4v) is 2.99. The van der Waals surface area contributed by atoms with E-state index in [0.29, 0.717) is 5.56 Å². The zero-order chi connectivity index (χ0) is 16.8. The highest BCUT2D eigenvalue weighted by Crippen LogP contribution is 2.17. The van der Waals surface area contributed by atoms with Gasteiger partial charge < -0.3 is 9.64 Å². The van der Waals surface area contributed by atoms with Gasteiger partial charge in [-0.3, -0.25) is 4.90 Å². The molecular formula is C19H22N4O. The molecule has 0 N–H and O–H groups in total. The molecule has 1 aromatic heterocycles. The fraction of sp³-hybridized carbons (Fsp3) is 0.368. The van der Waals surface area contributed by atoms with Crippen molar-refractivity contribution in [1.82, 2.24) is 9.88 Å². The Labute approximate surface area is 143 Å². The first-order chi connectivity index (χ1) is 11.8. The Morgan fingerprint density at radius 2 is 1.92 bits per heavy atom. The maximum absolute atomic E-state index is 8.87. The van der Waals surface area contributed by atoms with Crippen molar-refractivity contribution >= 4 is 5.82 Å². The SMILES string of the molecule is COc1ccc(CN2CCCN(c3ccc(C#N)cn3)CC2)cc1. The molecule has 24 heavy (non-hydrogen) atoms. The average Bonchev–Trinajstić information content (AvgIpc) is 2.88. The topological polar surface area (TPSA) is 52.4 Å². The molecule has 0 aliphatic carbocycles. The number of anilines is 1. The van der Waals surface area contributed by atoms with Crippen molar-refractivity contribution in [3.8, 4) is 11.8 Å². The highest BCUT2D eigenvalue weighted by atomic mass is 16.5. The summed E-state index contributed by atoms with van der Waals surface area (Å²) in [7, 11) is 1.69. The molecular weight excluding hydrogens is 300 g/mol. The van der Waals surface area contributed by atoms with Gasteiger partial charge in [-0.2, -0.15) is 5.26 Å². The van der Waals surface area contributed by atoms with E-state index in [-0.39, 0.29) is 0 Å². The summed E-state index contributed by atoms with van der Waals surface area (Å²) in [6.07, 6.45) is 2.76. The number of nitriles is 1. The van der Waals surface area contributed by atoms with E-state index in [2.05, 4.69) is 33.0 Å². The van der Waals surface area contributed by atoms with Crippen molar-refractivity contribution in [2.24, 2.45) is 0 Å². The number of pyridine rings is 1. The molecule has 5 heteroatoms. The van der Waals surface area contributed by atoms with Crippen LogP contribution in [0.15, 0.2) is 42.6 Å². The molecule has 0 spiro atoms. The molecule has 2 aromatic rings. The largest absolute Gasteiger partial charge is 0.497 e. The molecule has 0 unspecified atom stereocenters. The molecule has 0 atom stereocenters. The molecule has 1 aliphatic heterocycles. The Bertz CT molecular complexity index is 691. The van der Waals surface area contributed by atoms with Gasteiger partial charge in [0.05, 0.1) is 12.7 Å². The molecule has 1 aromatic carbocycles. The van der Waals surface area contributed by atoms with Crippen LogP contribution < -0.4 is 9.64 Å². The van der Waals surface area contributed by atoms with Gasteiger partial charge in [0.25, 0.3) is 0 Å². The molecule has 0 bridgehead atoms. The monoisotopic (exact) mass is 322 g/mol. The van der Waals surface area contributed by atoms with Crippen molar-refractivity contribution < 1.29 is 4.74 Å². The Morgan fingerprint density at radius 1 is 1.08 bits per heavy atom. The summed E-state index contributed by atoms with van der Waals surface area (Å²) < 4.78 is 5.21. The zero-order valence-electron chi connectivity index (χ0n) is 14.0. The van der Waals surface area contributed by atoms with Crippen LogP contribution >= 0.6 is 0 Å². The Hall–Kier alpha value is -2.58. The summed E-state index contributed by atoms with van der Waals surface area (Å²) in [6, 6.07) is 14.2. The summed E-state index contributed by atoms with van der Waals surface area (Å²) in [5.41, 5.74) is 1.91. The predicted octanol–water partition coefficient (Wildman–Crippen LogP) is 2.67. The van der Waals surface area contributed by atoms with Crippen LogP contribution in [-0.2, 0) is 6.54 Å². The van der Waals surface area contributed by atoms with Gasteiger partial charge in [0.2, 0.25) is 0 Å². The lowest BCUT2D eigenvalue weighted by molar-refractivity contribution is 0.285. The summed E-state index contributed by atoms with van der Waals surface area (Å²) in [4.78, 5) is 9.19. The highest BCUT2D eigenvalue weighted by Gasteiger charge is 2.16. The second-order valence-electron chi connectivity index (χ2n) is 5.98. The second kappa shape index (κ2) is 7.80. The molecule has 0 amide bonds. The smallest absolute Gasteiger partial charge is 0.128 e. The van der Waals surface area contributed by atoms with Crippen LogP contribution in [0.1, 0.15) is 17.5 Å². The average molecular weight is 322 g/mol. The molecule has 5 nitrogen and oxygen atoms in total. The number of methoxy groups -OCH3 is 1. The van der Waals surface area contributed by atoms with Gasteiger partial charge in [-0.15, -0.1) is 0 Å². The minimum atomic E-state index is 0.606. The number of rotatable bonds is 4. The molecule has 1 saturated heterocycles. The van der Waals surface area contributed by atoms with E-state index in [9.17, 15) is 0 Å².